The van der Waals surface area contributed by atoms with Crippen molar-refractivity contribution in [3.8, 4) is 5.69 Å². The van der Waals surface area contributed by atoms with Crippen molar-refractivity contribution in [2.75, 3.05) is 0 Å². The fraction of sp³-hybridized carbons (Fsp3) is 0.182. The van der Waals surface area contributed by atoms with Crippen molar-refractivity contribution in [2.45, 2.75) is 12.8 Å². The second kappa shape index (κ2) is 5.37. The number of aromatic nitrogens is 3. The Hall–Kier alpha value is -1.59. The van der Waals surface area contributed by atoms with E-state index >= 15 is 0 Å². The van der Waals surface area contributed by atoms with E-state index in [-0.39, 0.29) is 6.42 Å². The molecule has 0 unspecified atom stereocenters. The van der Waals surface area contributed by atoms with E-state index in [1.165, 1.54) is 4.68 Å². The van der Waals surface area contributed by atoms with Gasteiger partial charge in [-0.2, -0.15) is 0 Å². The molecule has 0 atom stereocenters. The van der Waals surface area contributed by atoms with Gasteiger partial charge in [0.2, 0.25) is 0 Å². The van der Waals surface area contributed by atoms with Gasteiger partial charge in [0.25, 0.3) is 0 Å². The van der Waals surface area contributed by atoms with Crippen molar-refractivity contribution in [3.63, 3.8) is 0 Å². The van der Waals surface area contributed by atoms with Gasteiger partial charge in [0.1, 0.15) is 0 Å². The lowest BCUT2D eigenvalue weighted by Crippen LogP contribution is -1.97. The molecule has 7 heteroatoms. The van der Waals surface area contributed by atoms with Crippen LogP contribution in [0, 0.1) is 0 Å². The van der Waals surface area contributed by atoms with Crippen LogP contribution in [0.5, 0.6) is 0 Å². The van der Waals surface area contributed by atoms with Crippen LogP contribution < -0.4 is 0 Å². The maximum atomic E-state index is 10.5. The summed E-state index contributed by atoms with van der Waals surface area (Å²) in [6, 6.07) is 5.03. The first-order valence-electron chi connectivity index (χ1n) is 5.14. The second-order valence-corrected chi connectivity index (χ2v) is 4.49. The Morgan fingerprint density at radius 3 is 2.83 bits per heavy atom. The van der Waals surface area contributed by atoms with Crippen LogP contribution in [0.15, 0.2) is 24.4 Å². The first-order chi connectivity index (χ1) is 8.56. The largest absolute Gasteiger partial charge is 0.481 e. The molecule has 0 fully saturated rings. The lowest BCUT2D eigenvalue weighted by Gasteiger charge is -2.02. The fourth-order valence-corrected chi connectivity index (χ4v) is 1.93. The predicted octanol–water partition coefficient (Wildman–Crippen LogP) is 2.59. The highest BCUT2D eigenvalue weighted by Gasteiger charge is 2.08. The van der Waals surface area contributed by atoms with E-state index in [9.17, 15) is 4.79 Å². The summed E-state index contributed by atoms with van der Waals surface area (Å²) in [6.07, 6.45) is 2.01. The number of benzene rings is 1. The molecule has 0 spiro atoms. The zero-order valence-electron chi connectivity index (χ0n) is 9.18. The van der Waals surface area contributed by atoms with Crippen molar-refractivity contribution >= 4 is 29.2 Å². The monoisotopic (exact) mass is 285 g/mol. The minimum Gasteiger partial charge on any atom is -0.481 e. The smallest absolute Gasteiger partial charge is 0.303 e. The zero-order chi connectivity index (χ0) is 13.1. The van der Waals surface area contributed by atoms with Gasteiger partial charge in [0, 0.05) is 11.4 Å². The van der Waals surface area contributed by atoms with E-state index in [1.807, 2.05) is 0 Å². The number of aliphatic carboxylic acids is 1. The number of carboxylic acid groups (broad SMARTS) is 1. The molecule has 1 aromatic carbocycles. The molecule has 1 heterocycles. The number of carbonyl (C=O) groups is 1. The van der Waals surface area contributed by atoms with Crippen LogP contribution in [0.2, 0.25) is 10.0 Å². The Bertz CT molecular complexity index is 583. The molecule has 0 amide bonds. The van der Waals surface area contributed by atoms with Gasteiger partial charge in [-0.05, 0) is 18.2 Å². The van der Waals surface area contributed by atoms with Gasteiger partial charge in [-0.1, -0.05) is 28.4 Å². The van der Waals surface area contributed by atoms with Crippen LogP contribution in [0.4, 0.5) is 0 Å². The van der Waals surface area contributed by atoms with Crippen LogP contribution in [-0.2, 0) is 11.2 Å². The average molecular weight is 286 g/mol. The molecule has 5 nitrogen and oxygen atoms in total. The first kappa shape index (κ1) is 12.9. The lowest BCUT2D eigenvalue weighted by molar-refractivity contribution is -0.136. The highest BCUT2D eigenvalue weighted by atomic mass is 35.5. The molecular formula is C11H9Cl2N3O2. The van der Waals surface area contributed by atoms with Crippen molar-refractivity contribution in [3.05, 3.63) is 40.1 Å². The quantitative estimate of drug-likeness (QED) is 0.938. The molecule has 0 aliphatic rings. The molecule has 2 rings (SSSR count). The average Bonchev–Trinajstić information content (AvgIpc) is 2.75. The number of hydrogen-bond acceptors (Lipinski definition) is 3. The van der Waals surface area contributed by atoms with Crippen molar-refractivity contribution < 1.29 is 9.90 Å². The fourth-order valence-electron chi connectivity index (χ4n) is 1.43. The van der Waals surface area contributed by atoms with Crippen molar-refractivity contribution in [1.29, 1.82) is 0 Å². The van der Waals surface area contributed by atoms with E-state index in [4.69, 9.17) is 28.3 Å². The van der Waals surface area contributed by atoms with E-state index in [0.717, 1.165) is 0 Å². The Morgan fingerprint density at radius 1 is 1.39 bits per heavy atom. The summed E-state index contributed by atoms with van der Waals surface area (Å²) in [5, 5.41) is 17.4. The number of halogens is 2. The van der Waals surface area contributed by atoms with Gasteiger partial charge in [0.05, 0.1) is 29.0 Å². The molecule has 0 aliphatic carbocycles. The minimum absolute atomic E-state index is 0.0209. The molecule has 1 N–H and O–H groups in total. The summed E-state index contributed by atoms with van der Waals surface area (Å²) in [4.78, 5) is 10.5. The number of carboxylic acids is 1. The van der Waals surface area contributed by atoms with Crippen LogP contribution in [0.3, 0.4) is 0 Å². The molecule has 0 radical (unpaired) electrons. The van der Waals surface area contributed by atoms with Gasteiger partial charge in [-0.3, -0.25) is 4.79 Å². The summed E-state index contributed by atoms with van der Waals surface area (Å²) < 4.78 is 1.50. The van der Waals surface area contributed by atoms with Gasteiger partial charge in [0.15, 0.2) is 0 Å². The molecule has 18 heavy (non-hydrogen) atoms. The number of rotatable bonds is 4. The van der Waals surface area contributed by atoms with E-state index in [1.54, 1.807) is 24.4 Å². The molecule has 0 aliphatic heterocycles. The first-order valence-corrected chi connectivity index (χ1v) is 5.90. The highest BCUT2D eigenvalue weighted by molar-refractivity contribution is 6.35. The second-order valence-electron chi connectivity index (χ2n) is 3.64. The van der Waals surface area contributed by atoms with Crippen LogP contribution in [-0.4, -0.2) is 26.1 Å². The molecule has 0 bridgehead atoms. The summed E-state index contributed by atoms with van der Waals surface area (Å²) in [5.41, 5.74) is 1.25. The Kier molecular flexibility index (Phi) is 3.84. The Morgan fingerprint density at radius 2 is 2.17 bits per heavy atom. The van der Waals surface area contributed by atoms with Crippen LogP contribution >= 0.6 is 23.2 Å². The maximum absolute atomic E-state index is 10.5. The molecule has 94 valence electrons. The third-order valence-electron chi connectivity index (χ3n) is 2.29. The topological polar surface area (TPSA) is 68.0 Å². The van der Waals surface area contributed by atoms with E-state index in [0.29, 0.717) is 27.8 Å². The van der Waals surface area contributed by atoms with Crippen LogP contribution in [0.1, 0.15) is 12.1 Å². The van der Waals surface area contributed by atoms with Crippen LogP contribution in [0.25, 0.3) is 5.69 Å². The minimum atomic E-state index is -0.867. The maximum Gasteiger partial charge on any atom is 0.303 e. The number of hydrogen-bond donors (Lipinski definition) is 1. The highest BCUT2D eigenvalue weighted by Crippen LogP contribution is 2.23. The summed E-state index contributed by atoms with van der Waals surface area (Å²) >= 11 is 11.8. The lowest BCUT2D eigenvalue weighted by atomic mass is 10.2. The SMILES string of the molecule is O=C(O)CCc1cn(-c2ccc(Cl)cc2Cl)nn1. The molecule has 0 saturated heterocycles. The third kappa shape index (κ3) is 3.00. The van der Waals surface area contributed by atoms with Gasteiger partial charge in [-0.25, -0.2) is 4.68 Å². The van der Waals surface area contributed by atoms with E-state index in [2.05, 4.69) is 10.3 Å². The third-order valence-corrected chi connectivity index (χ3v) is 2.83. The van der Waals surface area contributed by atoms with Crippen molar-refractivity contribution in [1.82, 2.24) is 15.0 Å². The van der Waals surface area contributed by atoms with Gasteiger partial charge in [-0.15, -0.1) is 5.10 Å². The molecule has 2 aromatic rings. The Labute approximate surface area is 113 Å². The van der Waals surface area contributed by atoms with Crippen molar-refractivity contribution in [2.24, 2.45) is 0 Å². The molecule has 0 saturated carbocycles. The van der Waals surface area contributed by atoms with Gasteiger partial charge < -0.3 is 5.11 Å². The summed E-state index contributed by atoms with van der Waals surface area (Å²) in [5.74, 6) is -0.867. The standard InChI is InChI=1S/C11H9Cl2N3O2/c12-7-1-3-10(9(13)5-7)16-6-8(14-15-16)2-4-11(17)18/h1,3,5-6H,2,4H2,(H,17,18). The molecule has 1 aromatic heterocycles. The summed E-state index contributed by atoms with van der Waals surface area (Å²) in [6.45, 7) is 0. The molecular weight excluding hydrogens is 277 g/mol. The number of aryl methyl sites for hydroxylation is 1. The zero-order valence-corrected chi connectivity index (χ0v) is 10.7. The number of nitrogens with zero attached hydrogens (tertiary/aromatic N) is 3. The normalized spacial score (nSPS) is 10.6. The Balaban J connectivity index is 2.21. The summed E-state index contributed by atoms with van der Waals surface area (Å²) in [7, 11) is 0. The predicted molar refractivity (Wildman–Crippen MR) is 67.3 cm³/mol. The van der Waals surface area contributed by atoms with Gasteiger partial charge >= 0.3 is 5.97 Å². The van der Waals surface area contributed by atoms with E-state index < -0.39 is 5.97 Å².